The fraction of sp³-hybridized carbons (Fsp3) is 0.143. The summed E-state index contributed by atoms with van der Waals surface area (Å²) in [5.41, 5.74) is 5.34. The van der Waals surface area contributed by atoms with E-state index in [1.54, 1.807) is 6.07 Å². The lowest BCUT2D eigenvalue weighted by atomic mass is 9.84. The molecule has 0 aliphatic carbocycles. The minimum absolute atomic E-state index is 0.0111. The van der Waals surface area contributed by atoms with Crippen molar-refractivity contribution in [2.45, 2.75) is 5.92 Å². The molecular weight excluding hydrogens is 296 g/mol. The van der Waals surface area contributed by atoms with Gasteiger partial charge in [-0.15, -0.1) is 0 Å². The Morgan fingerprint density at radius 3 is 1.54 bits per heavy atom. The van der Waals surface area contributed by atoms with E-state index in [-0.39, 0.29) is 5.92 Å². The van der Waals surface area contributed by atoms with Gasteiger partial charge in [-0.25, -0.2) is 0 Å². The molecule has 0 heterocycles. The van der Waals surface area contributed by atoms with Crippen molar-refractivity contribution in [3.8, 4) is 5.75 Å². The number of aromatic hydroxyl groups is 1. The van der Waals surface area contributed by atoms with Gasteiger partial charge in [-0.3, -0.25) is 0 Å². The van der Waals surface area contributed by atoms with Crippen LogP contribution in [0.4, 0.5) is 11.4 Å². The maximum absolute atomic E-state index is 10.4. The van der Waals surface area contributed by atoms with Gasteiger partial charge < -0.3 is 15.7 Å². The molecule has 0 spiro atoms. The molecule has 0 saturated heterocycles. The Morgan fingerprint density at radius 1 is 0.667 bits per heavy atom. The van der Waals surface area contributed by atoms with Crippen LogP contribution in [-0.4, -0.2) is 19.2 Å². The van der Waals surface area contributed by atoms with Crippen LogP contribution in [0, 0.1) is 0 Å². The van der Waals surface area contributed by atoms with Crippen molar-refractivity contribution in [1.29, 1.82) is 0 Å². The van der Waals surface area contributed by atoms with Gasteiger partial charge in [-0.1, -0.05) is 42.5 Å². The smallest absolute Gasteiger partial charge is 0.119 e. The third kappa shape index (κ3) is 3.20. The molecule has 0 saturated carbocycles. The first-order chi connectivity index (χ1) is 11.7. The molecule has 3 aromatic rings. The molecule has 3 heteroatoms. The standard InChI is InChI=1S/C21H22N2O/c1-22-17-11-7-15(8-12-17)21(19-5-3-4-6-20(19)24)16-9-13-18(23-2)14-10-16/h3-14,21-24H,1-2H3. The average Bonchev–Trinajstić information content (AvgIpc) is 2.64. The summed E-state index contributed by atoms with van der Waals surface area (Å²) in [7, 11) is 3.82. The van der Waals surface area contributed by atoms with Crippen LogP contribution < -0.4 is 10.6 Å². The number of para-hydroxylation sites is 1. The van der Waals surface area contributed by atoms with Crippen molar-refractivity contribution in [1.82, 2.24) is 0 Å². The maximum Gasteiger partial charge on any atom is 0.119 e. The minimum Gasteiger partial charge on any atom is -0.508 e. The Kier molecular flexibility index (Phi) is 4.71. The number of phenols is 1. The van der Waals surface area contributed by atoms with E-state index in [4.69, 9.17) is 0 Å². The number of hydrogen-bond acceptors (Lipinski definition) is 3. The molecule has 3 nitrogen and oxygen atoms in total. The Morgan fingerprint density at radius 2 is 1.12 bits per heavy atom. The van der Waals surface area contributed by atoms with E-state index in [0.29, 0.717) is 5.75 Å². The van der Waals surface area contributed by atoms with Gasteiger partial charge in [0.05, 0.1) is 0 Å². The summed E-state index contributed by atoms with van der Waals surface area (Å²) in [6.45, 7) is 0. The summed E-state index contributed by atoms with van der Waals surface area (Å²) >= 11 is 0. The van der Waals surface area contributed by atoms with Gasteiger partial charge in [0.15, 0.2) is 0 Å². The first-order valence-electron chi connectivity index (χ1n) is 8.06. The second-order valence-corrected chi connectivity index (χ2v) is 5.74. The van der Waals surface area contributed by atoms with Crippen molar-refractivity contribution in [3.05, 3.63) is 89.5 Å². The first kappa shape index (κ1) is 15.9. The van der Waals surface area contributed by atoms with Gasteiger partial charge in [0.25, 0.3) is 0 Å². The van der Waals surface area contributed by atoms with E-state index in [2.05, 4.69) is 59.2 Å². The van der Waals surface area contributed by atoms with Crippen molar-refractivity contribution >= 4 is 11.4 Å². The second-order valence-electron chi connectivity index (χ2n) is 5.74. The van der Waals surface area contributed by atoms with Crippen LogP contribution >= 0.6 is 0 Å². The molecule has 0 aliphatic heterocycles. The van der Waals surface area contributed by atoms with Crippen LogP contribution in [0.3, 0.4) is 0 Å². The Labute approximate surface area is 143 Å². The zero-order valence-electron chi connectivity index (χ0n) is 14.0. The predicted octanol–water partition coefficient (Wildman–Crippen LogP) is 4.66. The van der Waals surface area contributed by atoms with Crippen LogP contribution in [0.5, 0.6) is 5.75 Å². The molecule has 122 valence electrons. The van der Waals surface area contributed by atoms with Crippen LogP contribution in [0.2, 0.25) is 0 Å². The molecule has 0 aromatic heterocycles. The number of phenolic OH excluding ortho intramolecular Hbond substituents is 1. The van der Waals surface area contributed by atoms with E-state index in [9.17, 15) is 5.11 Å². The monoisotopic (exact) mass is 318 g/mol. The van der Waals surface area contributed by atoms with Crippen LogP contribution in [0.1, 0.15) is 22.6 Å². The normalized spacial score (nSPS) is 10.6. The van der Waals surface area contributed by atoms with Crippen LogP contribution in [0.25, 0.3) is 0 Å². The summed E-state index contributed by atoms with van der Waals surface area (Å²) in [5, 5.41) is 16.7. The van der Waals surface area contributed by atoms with Gasteiger partial charge in [-0.05, 0) is 41.5 Å². The van der Waals surface area contributed by atoms with Gasteiger partial charge in [0.1, 0.15) is 5.75 Å². The van der Waals surface area contributed by atoms with E-state index in [1.807, 2.05) is 32.3 Å². The Hall–Kier alpha value is -2.94. The molecule has 0 unspecified atom stereocenters. The topological polar surface area (TPSA) is 44.3 Å². The number of anilines is 2. The summed E-state index contributed by atoms with van der Waals surface area (Å²) in [5.74, 6) is 0.306. The fourth-order valence-electron chi connectivity index (χ4n) is 2.97. The third-order valence-electron chi connectivity index (χ3n) is 4.31. The molecular formula is C21H22N2O. The van der Waals surface area contributed by atoms with Gasteiger partial charge in [0, 0.05) is 37.0 Å². The highest BCUT2D eigenvalue weighted by atomic mass is 16.3. The van der Waals surface area contributed by atoms with Crippen molar-refractivity contribution < 1.29 is 5.11 Å². The molecule has 0 bridgehead atoms. The number of nitrogens with one attached hydrogen (secondary N) is 2. The van der Waals surface area contributed by atoms with Crippen molar-refractivity contribution in [2.75, 3.05) is 24.7 Å². The molecule has 0 radical (unpaired) electrons. The first-order valence-corrected chi connectivity index (χ1v) is 8.06. The third-order valence-corrected chi connectivity index (χ3v) is 4.31. The summed E-state index contributed by atoms with van der Waals surface area (Å²) < 4.78 is 0. The minimum atomic E-state index is -0.0111. The number of rotatable bonds is 5. The lowest BCUT2D eigenvalue weighted by Crippen LogP contribution is -2.04. The zero-order chi connectivity index (χ0) is 16.9. The van der Waals surface area contributed by atoms with Crippen LogP contribution in [0.15, 0.2) is 72.8 Å². The van der Waals surface area contributed by atoms with Gasteiger partial charge in [-0.2, -0.15) is 0 Å². The van der Waals surface area contributed by atoms with Crippen LogP contribution in [-0.2, 0) is 0 Å². The maximum atomic E-state index is 10.4. The summed E-state index contributed by atoms with van der Waals surface area (Å²) in [4.78, 5) is 0. The predicted molar refractivity (Wildman–Crippen MR) is 101 cm³/mol. The van der Waals surface area contributed by atoms with Crippen molar-refractivity contribution in [2.24, 2.45) is 0 Å². The largest absolute Gasteiger partial charge is 0.508 e. The highest BCUT2D eigenvalue weighted by molar-refractivity contribution is 5.54. The molecule has 3 N–H and O–H groups in total. The summed E-state index contributed by atoms with van der Waals surface area (Å²) in [6, 6.07) is 24.2. The summed E-state index contributed by atoms with van der Waals surface area (Å²) in [6.07, 6.45) is 0. The van der Waals surface area contributed by atoms with Gasteiger partial charge >= 0.3 is 0 Å². The quantitative estimate of drug-likeness (QED) is 0.600. The molecule has 0 atom stereocenters. The highest BCUT2D eigenvalue weighted by Crippen LogP contribution is 2.37. The van der Waals surface area contributed by atoms with Crippen molar-refractivity contribution in [3.63, 3.8) is 0 Å². The molecule has 0 fully saturated rings. The van der Waals surface area contributed by atoms with E-state index < -0.39 is 0 Å². The molecule has 3 rings (SSSR count). The lowest BCUT2D eigenvalue weighted by Gasteiger charge is -2.20. The molecule has 0 aliphatic rings. The highest BCUT2D eigenvalue weighted by Gasteiger charge is 2.19. The van der Waals surface area contributed by atoms with Gasteiger partial charge in [0.2, 0.25) is 0 Å². The SMILES string of the molecule is CNc1ccc(C(c2ccc(NC)cc2)c2ccccc2O)cc1. The molecule has 3 aromatic carbocycles. The lowest BCUT2D eigenvalue weighted by molar-refractivity contribution is 0.467. The number of hydrogen-bond donors (Lipinski definition) is 3. The fourth-order valence-corrected chi connectivity index (χ4v) is 2.97. The number of benzene rings is 3. The average molecular weight is 318 g/mol. The van der Waals surface area contributed by atoms with E-state index in [1.165, 1.54) is 0 Å². The Balaban J connectivity index is 2.10. The van der Waals surface area contributed by atoms with E-state index in [0.717, 1.165) is 28.1 Å². The molecule has 0 amide bonds. The van der Waals surface area contributed by atoms with E-state index >= 15 is 0 Å². The zero-order valence-corrected chi connectivity index (χ0v) is 14.0. The Bertz CT molecular complexity index is 747. The second kappa shape index (κ2) is 7.09. The molecule has 24 heavy (non-hydrogen) atoms.